The molecule has 0 radical (unpaired) electrons. The molecule has 0 fully saturated rings. The first-order valence-corrected chi connectivity index (χ1v) is 6.69. The van der Waals surface area contributed by atoms with E-state index in [1.807, 2.05) is 18.2 Å². The Hall–Kier alpha value is -0.552. The van der Waals surface area contributed by atoms with Crippen LogP contribution in [-0.2, 0) is 0 Å². The number of aldehydes is 1. The molecule has 0 N–H and O–H groups in total. The minimum absolute atomic E-state index is 0.0624. The van der Waals surface area contributed by atoms with Crippen LogP contribution >= 0.6 is 0 Å². The van der Waals surface area contributed by atoms with Crippen molar-refractivity contribution in [1.82, 2.24) is 0 Å². The number of rotatable bonds is 4. The van der Waals surface area contributed by atoms with Crippen molar-refractivity contribution in [3.05, 3.63) is 29.8 Å². The van der Waals surface area contributed by atoms with Gasteiger partial charge in [0.2, 0.25) is 0 Å². The van der Waals surface area contributed by atoms with Crippen molar-refractivity contribution in [2.45, 2.75) is 18.6 Å². The number of carbonyl (C=O) groups is 1. The summed E-state index contributed by atoms with van der Waals surface area (Å²) in [7, 11) is 0. The van der Waals surface area contributed by atoms with Gasteiger partial charge in [-0.05, 0) is 0 Å². The second-order valence-corrected chi connectivity index (χ2v) is 5.55. The van der Waals surface area contributed by atoms with E-state index in [1.54, 1.807) is 0 Å². The molecule has 1 aromatic carbocycles. The topological polar surface area (TPSA) is 17.1 Å². The predicted octanol–water partition coefficient (Wildman–Crippen LogP) is 1.39. The molecular formula is C10H13AsO. The molecule has 1 aromatic rings. The van der Waals surface area contributed by atoms with Crippen LogP contribution in [0.15, 0.2) is 24.3 Å². The fourth-order valence-corrected chi connectivity index (χ4v) is 3.29. The van der Waals surface area contributed by atoms with Gasteiger partial charge in [-0.25, -0.2) is 0 Å². The summed E-state index contributed by atoms with van der Waals surface area (Å²) in [6.07, 6.45) is 2.20. The van der Waals surface area contributed by atoms with Gasteiger partial charge in [0.1, 0.15) is 0 Å². The van der Waals surface area contributed by atoms with Crippen molar-refractivity contribution in [3.8, 4) is 0 Å². The van der Waals surface area contributed by atoms with E-state index in [0.717, 1.165) is 11.8 Å². The summed E-state index contributed by atoms with van der Waals surface area (Å²) in [4.78, 5) is 10.6. The monoisotopic (exact) mass is 224 g/mol. The van der Waals surface area contributed by atoms with Crippen LogP contribution in [0.1, 0.15) is 23.7 Å². The number of hydrogen-bond donors (Lipinski definition) is 0. The Morgan fingerprint density at radius 3 is 2.83 bits per heavy atom. The molecule has 12 heavy (non-hydrogen) atoms. The third-order valence-electron chi connectivity index (χ3n) is 1.65. The molecule has 0 aliphatic carbocycles. The molecule has 0 bridgehead atoms. The van der Waals surface area contributed by atoms with Crippen molar-refractivity contribution in [3.63, 3.8) is 0 Å². The first-order chi connectivity index (χ1) is 5.88. The van der Waals surface area contributed by atoms with E-state index in [9.17, 15) is 4.79 Å². The molecule has 0 aromatic heterocycles. The Labute approximate surface area is 79.9 Å². The van der Waals surface area contributed by atoms with Crippen LogP contribution in [0.4, 0.5) is 0 Å². The van der Waals surface area contributed by atoms with E-state index in [1.165, 1.54) is 16.0 Å². The fourth-order valence-electron chi connectivity index (χ4n) is 1.02. The molecule has 0 aliphatic heterocycles. The Morgan fingerprint density at radius 1 is 1.42 bits per heavy atom. The summed E-state index contributed by atoms with van der Waals surface area (Å²) >= 11 is -0.0624. The van der Waals surface area contributed by atoms with Crippen LogP contribution in [-0.4, -0.2) is 22.0 Å². The van der Waals surface area contributed by atoms with E-state index in [-0.39, 0.29) is 15.8 Å². The molecule has 1 nitrogen and oxygen atoms in total. The fraction of sp³-hybridized carbons (Fsp3) is 0.300. The zero-order valence-corrected chi connectivity index (χ0v) is 9.31. The Bertz CT molecular complexity index is 258. The third kappa shape index (κ3) is 2.49. The van der Waals surface area contributed by atoms with Gasteiger partial charge >= 0.3 is 79.6 Å². The Kier molecular flexibility index (Phi) is 4.10. The summed E-state index contributed by atoms with van der Waals surface area (Å²) in [5, 5.41) is 1.28. The van der Waals surface area contributed by atoms with Crippen LogP contribution in [0.3, 0.4) is 0 Å². The second kappa shape index (κ2) is 5.16. The van der Waals surface area contributed by atoms with Crippen molar-refractivity contribution >= 4 is 26.4 Å². The number of benzene rings is 1. The first kappa shape index (κ1) is 9.54. The Morgan fingerprint density at radius 2 is 2.17 bits per heavy atom. The zero-order valence-electron chi connectivity index (χ0n) is 7.21. The molecule has 0 saturated carbocycles. The van der Waals surface area contributed by atoms with Gasteiger partial charge in [-0.2, -0.15) is 0 Å². The second-order valence-electron chi connectivity index (χ2n) is 2.63. The molecule has 64 valence electrons. The predicted molar refractivity (Wildman–Crippen MR) is 53.7 cm³/mol. The van der Waals surface area contributed by atoms with Gasteiger partial charge in [0.15, 0.2) is 0 Å². The minimum atomic E-state index is -0.0624. The van der Waals surface area contributed by atoms with Gasteiger partial charge in [0.05, 0.1) is 0 Å². The van der Waals surface area contributed by atoms with E-state index in [4.69, 9.17) is 0 Å². The Balaban J connectivity index is 2.75. The van der Waals surface area contributed by atoms with E-state index in [2.05, 4.69) is 13.0 Å². The summed E-state index contributed by atoms with van der Waals surface area (Å²) in [6.45, 7) is 2.19. The summed E-state index contributed by atoms with van der Waals surface area (Å²) in [5.74, 6) is 0. The van der Waals surface area contributed by atoms with Gasteiger partial charge in [-0.1, -0.05) is 0 Å². The molecule has 1 unspecified atom stereocenters. The van der Waals surface area contributed by atoms with E-state index in [0.29, 0.717) is 0 Å². The van der Waals surface area contributed by atoms with E-state index >= 15 is 0 Å². The van der Waals surface area contributed by atoms with Crippen molar-refractivity contribution in [2.75, 3.05) is 0 Å². The van der Waals surface area contributed by atoms with Crippen LogP contribution in [0.5, 0.6) is 0 Å². The quantitative estimate of drug-likeness (QED) is 0.558. The zero-order chi connectivity index (χ0) is 8.81. The van der Waals surface area contributed by atoms with Gasteiger partial charge in [-0.3, -0.25) is 0 Å². The van der Waals surface area contributed by atoms with Crippen molar-refractivity contribution < 1.29 is 4.79 Å². The van der Waals surface area contributed by atoms with Gasteiger partial charge in [0, 0.05) is 0 Å². The SMILES string of the molecule is CCC[AsH]c1ccccc1C=O. The van der Waals surface area contributed by atoms with Crippen LogP contribution in [0.2, 0.25) is 5.21 Å². The average Bonchev–Trinajstić information content (AvgIpc) is 2.15. The number of hydrogen-bond acceptors (Lipinski definition) is 1. The van der Waals surface area contributed by atoms with Gasteiger partial charge in [0.25, 0.3) is 0 Å². The molecule has 0 saturated heterocycles. The van der Waals surface area contributed by atoms with E-state index < -0.39 is 0 Å². The molecule has 2 heteroatoms. The van der Waals surface area contributed by atoms with Crippen molar-refractivity contribution in [2.24, 2.45) is 0 Å². The van der Waals surface area contributed by atoms with Crippen LogP contribution in [0, 0.1) is 0 Å². The molecular weight excluding hydrogens is 211 g/mol. The van der Waals surface area contributed by atoms with Gasteiger partial charge in [-0.15, -0.1) is 0 Å². The van der Waals surface area contributed by atoms with Gasteiger partial charge < -0.3 is 0 Å². The molecule has 0 aliphatic rings. The standard InChI is InChI=1S/C10H13AsO/c1-2-7-11-10-6-4-3-5-9(10)8-12/h3-6,8,11H,2,7H2,1H3. The normalized spacial score (nSPS) is 10.8. The third-order valence-corrected chi connectivity index (χ3v) is 4.98. The maximum absolute atomic E-state index is 10.6. The summed E-state index contributed by atoms with van der Waals surface area (Å²) in [6, 6.07) is 7.92. The number of carbonyl (C=O) groups excluding carboxylic acids is 1. The average molecular weight is 224 g/mol. The van der Waals surface area contributed by atoms with Crippen molar-refractivity contribution in [1.29, 1.82) is 0 Å². The molecule has 1 rings (SSSR count). The maximum atomic E-state index is 10.6. The van der Waals surface area contributed by atoms with Crippen LogP contribution in [0.25, 0.3) is 0 Å². The molecule has 0 spiro atoms. The molecule has 0 amide bonds. The molecule has 0 heterocycles. The summed E-state index contributed by atoms with van der Waals surface area (Å²) in [5.41, 5.74) is 0.894. The molecule has 1 atom stereocenters. The summed E-state index contributed by atoms with van der Waals surface area (Å²) < 4.78 is 1.30. The van der Waals surface area contributed by atoms with Crippen LogP contribution < -0.4 is 4.35 Å². The first-order valence-electron chi connectivity index (χ1n) is 4.16.